The third kappa shape index (κ3) is 10.2. The van der Waals surface area contributed by atoms with E-state index >= 15 is 0 Å². The highest BCUT2D eigenvalue weighted by atomic mass is 32.1. The van der Waals surface area contributed by atoms with Gasteiger partial charge in [-0.2, -0.15) is 0 Å². The molecule has 2 aromatic rings. The van der Waals surface area contributed by atoms with E-state index < -0.39 is 0 Å². The Hall–Kier alpha value is -1.87. The summed E-state index contributed by atoms with van der Waals surface area (Å²) in [4.78, 5) is 0.948. The van der Waals surface area contributed by atoms with E-state index in [4.69, 9.17) is 17.0 Å². The number of nitrogens with one attached hydrogen (secondary N) is 1. The van der Waals surface area contributed by atoms with Crippen LogP contribution in [0.5, 0.6) is 5.75 Å². The molecule has 0 bridgehead atoms. The van der Waals surface area contributed by atoms with Gasteiger partial charge in [0.05, 0.1) is 12.1 Å². The first kappa shape index (κ1) is 30.1. The Labute approximate surface area is 204 Å². The van der Waals surface area contributed by atoms with Gasteiger partial charge in [-0.15, -0.1) is 0 Å². The molecule has 2 nitrogen and oxygen atoms in total. The summed E-state index contributed by atoms with van der Waals surface area (Å²) < 4.78 is 5.52. The molecule has 0 amide bonds. The minimum absolute atomic E-state index is 0.881. The number of thiocarbonyl (C=S) groups is 1. The number of benzene rings is 2. The van der Waals surface area contributed by atoms with E-state index in [0.29, 0.717) is 0 Å². The average molecular weight is 458 g/mol. The first-order chi connectivity index (χ1) is 15.5. The Morgan fingerprint density at radius 1 is 0.844 bits per heavy atom. The highest BCUT2D eigenvalue weighted by Crippen LogP contribution is 2.25. The first-order valence-electron chi connectivity index (χ1n) is 12.5. The van der Waals surface area contributed by atoms with Crippen LogP contribution in [-0.2, 0) is 25.7 Å². The molecule has 32 heavy (non-hydrogen) atoms. The van der Waals surface area contributed by atoms with Crippen LogP contribution in [0.4, 0.5) is 0 Å². The highest BCUT2D eigenvalue weighted by Gasteiger charge is 2.09. The van der Waals surface area contributed by atoms with Gasteiger partial charge in [-0.25, -0.2) is 0 Å². The van der Waals surface area contributed by atoms with E-state index in [1.54, 1.807) is 7.11 Å². The normalized spacial score (nSPS) is 9.78. The lowest BCUT2D eigenvalue weighted by molar-refractivity contribution is 0.411. The lowest BCUT2D eigenvalue weighted by Gasteiger charge is -2.15. The Morgan fingerprint density at radius 3 is 2.06 bits per heavy atom. The SMILES string of the molecule is CC.CC.CCCc1cc(C)c(OC)cc1CCC(=S)NCCc1ccc(CC)c(C)c1. The molecule has 180 valence electrons. The fraction of sp³-hybridized carbons (Fsp3) is 0.552. The first-order valence-corrected chi connectivity index (χ1v) is 12.9. The zero-order chi connectivity index (χ0) is 24.5. The van der Waals surface area contributed by atoms with Crippen LogP contribution in [0.2, 0.25) is 0 Å². The smallest absolute Gasteiger partial charge is 0.122 e. The molecule has 1 N–H and O–H groups in total. The molecule has 0 heterocycles. The quantitative estimate of drug-likeness (QED) is 0.365. The largest absolute Gasteiger partial charge is 0.496 e. The summed E-state index contributed by atoms with van der Waals surface area (Å²) in [5.41, 5.74) is 8.19. The Morgan fingerprint density at radius 2 is 1.50 bits per heavy atom. The topological polar surface area (TPSA) is 21.3 Å². The Kier molecular flexibility index (Phi) is 16.6. The molecule has 0 unspecified atom stereocenters. The summed E-state index contributed by atoms with van der Waals surface area (Å²) in [5, 5.41) is 3.44. The van der Waals surface area contributed by atoms with Gasteiger partial charge in [0.2, 0.25) is 0 Å². The van der Waals surface area contributed by atoms with Gasteiger partial charge >= 0.3 is 0 Å². The number of aryl methyl sites for hydroxylation is 5. The summed E-state index contributed by atoms with van der Waals surface area (Å²) in [6, 6.07) is 11.3. The van der Waals surface area contributed by atoms with Crippen molar-refractivity contribution in [1.82, 2.24) is 5.32 Å². The van der Waals surface area contributed by atoms with E-state index in [2.05, 4.69) is 63.3 Å². The summed E-state index contributed by atoms with van der Waals surface area (Å²) >= 11 is 5.59. The standard InChI is InChI=1S/C25H35NOS.2C2H6/c1-6-8-22-16-19(4)24(27-5)17-23(22)11-12-25(28)26-14-13-20-9-10-21(7-2)18(3)15-20;2*1-2/h9-10,15-17H,6-8,11-14H2,1-5H3,(H,26,28);2*1-2H3. The molecule has 0 saturated carbocycles. The second-order valence-corrected chi connectivity index (χ2v) is 8.05. The van der Waals surface area contributed by atoms with E-state index in [0.717, 1.165) is 55.8 Å². The molecule has 2 rings (SSSR count). The second-order valence-electron chi connectivity index (χ2n) is 7.55. The van der Waals surface area contributed by atoms with Crippen molar-refractivity contribution >= 4 is 17.2 Å². The van der Waals surface area contributed by atoms with Crippen molar-refractivity contribution in [2.75, 3.05) is 13.7 Å². The van der Waals surface area contributed by atoms with Gasteiger partial charge in [-0.3, -0.25) is 0 Å². The van der Waals surface area contributed by atoms with Crippen LogP contribution in [0.25, 0.3) is 0 Å². The molecule has 0 aliphatic carbocycles. The molecule has 0 aliphatic rings. The second kappa shape index (κ2) is 17.7. The van der Waals surface area contributed by atoms with Gasteiger partial charge in [0, 0.05) is 13.0 Å². The molecule has 0 saturated heterocycles. The van der Waals surface area contributed by atoms with Crippen LogP contribution in [-0.4, -0.2) is 18.6 Å². The molecule has 0 atom stereocenters. The third-order valence-electron chi connectivity index (χ3n) is 5.38. The van der Waals surface area contributed by atoms with Gasteiger partial charge in [0.1, 0.15) is 5.75 Å². The summed E-state index contributed by atoms with van der Waals surface area (Å²) in [6.07, 6.45) is 6.20. The summed E-state index contributed by atoms with van der Waals surface area (Å²) in [7, 11) is 1.74. The number of rotatable bonds is 10. The van der Waals surface area contributed by atoms with Crippen molar-refractivity contribution in [2.45, 2.75) is 93.9 Å². The fourth-order valence-corrected chi connectivity index (χ4v) is 3.94. The maximum Gasteiger partial charge on any atom is 0.122 e. The number of ether oxygens (including phenoxy) is 1. The molecular weight excluding hydrogens is 410 g/mol. The van der Waals surface area contributed by atoms with Crippen LogP contribution < -0.4 is 10.1 Å². The van der Waals surface area contributed by atoms with Gasteiger partial charge in [0.25, 0.3) is 0 Å². The lowest BCUT2D eigenvalue weighted by atomic mass is 9.96. The van der Waals surface area contributed by atoms with Crippen molar-refractivity contribution in [1.29, 1.82) is 0 Å². The van der Waals surface area contributed by atoms with Crippen molar-refractivity contribution < 1.29 is 4.74 Å². The molecule has 2 aromatic carbocycles. The molecule has 0 aliphatic heterocycles. The van der Waals surface area contributed by atoms with E-state index in [1.165, 1.54) is 33.4 Å². The molecule has 0 aromatic heterocycles. The van der Waals surface area contributed by atoms with Crippen LogP contribution >= 0.6 is 12.2 Å². The van der Waals surface area contributed by atoms with Gasteiger partial charge in [0.15, 0.2) is 0 Å². The van der Waals surface area contributed by atoms with E-state index in [-0.39, 0.29) is 0 Å². The van der Waals surface area contributed by atoms with Gasteiger partial charge < -0.3 is 10.1 Å². The van der Waals surface area contributed by atoms with Crippen LogP contribution in [0.15, 0.2) is 30.3 Å². The zero-order valence-electron chi connectivity index (χ0n) is 22.2. The minimum Gasteiger partial charge on any atom is -0.496 e. The third-order valence-corrected chi connectivity index (χ3v) is 5.73. The minimum atomic E-state index is 0.881. The van der Waals surface area contributed by atoms with E-state index in [9.17, 15) is 0 Å². The Bertz CT molecular complexity index is 798. The van der Waals surface area contributed by atoms with Crippen LogP contribution in [0.3, 0.4) is 0 Å². The predicted molar refractivity (Wildman–Crippen MR) is 148 cm³/mol. The molecule has 3 heteroatoms. The highest BCUT2D eigenvalue weighted by molar-refractivity contribution is 7.80. The van der Waals surface area contributed by atoms with Crippen molar-refractivity contribution in [3.05, 3.63) is 63.7 Å². The summed E-state index contributed by atoms with van der Waals surface area (Å²) in [6.45, 7) is 17.6. The monoisotopic (exact) mass is 457 g/mol. The van der Waals surface area contributed by atoms with Crippen LogP contribution in [0, 0.1) is 13.8 Å². The van der Waals surface area contributed by atoms with Crippen molar-refractivity contribution in [2.24, 2.45) is 0 Å². The number of hydrogen-bond acceptors (Lipinski definition) is 2. The fourth-order valence-electron chi connectivity index (χ4n) is 3.74. The molecule has 0 spiro atoms. The molecule has 0 fully saturated rings. The van der Waals surface area contributed by atoms with Crippen molar-refractivity contribution in [3.8, 4) is 5.75 Å². The Balaban J connectivity index is 0.00000227. The van der Waals surface area contributed by atoms with Gasteiger partial charge in [-0.05, 0) is 79.0 Å². The lowest BCUT2D eigenvalue weighted by Crippen LogP contribution is -2.24. The number of hydrogen-bond donors (Lipinski definition) is 1. The van der Waals surface area contributed by atoms with E-state index in [1.807, 2.05) is 27.7 Å². The maximum absolute atomic E-state index is 5.59. The summed E-state index contributed by atoms with van der Waals surface area (Å²) in [5.74, 6) is 0.972. The predicted octanol–water partition coefficient (Wildman–Crippen LogP) is 7.97. The molecular formula is C29H47NOS. The zero-order valence-corrected chi connectivity index (χ0v) is 23.0. The van der Waals surface area contributed by atoms with Crippen molar-refractivity contribution in [3.63, 3.8) is 0 Å². The number of methoxy groups -OCH3 is 1. The average Bonchev–Trinajstić information content (AvgIpc) is 2.81. The van der Waals surface area contributed by atoms with Gasteiger partial charge in [-0.1, -0.05) is 84.4 Å². The maximum atomic E-state index is 5.59. The molecule has 0 radical (unpaired) electrons. The van der Waals surface area contributed by atoms with Crippen LogP contribution in [0.1, 0.15) is 87.8 Å².